The van der Waals surface area contributed by atoms with Crippen LogP contribution in [0, 0.1) is 10.8 Å². The molecular weight excluding hydrogens is 504 g/mol. The summed E-state index contributed by atoms with van der Waals surface area (Å²) in [5.41, 5.74) is -2.32. The van der Waals surface area contributed by atoms with Gasteiger partial charge in [-0.3, -0.25) is 4.79 Å². The lowest BCUT2D eigenvalue weighted by atomic mass is 9.91. The van der Waals surface area contributed by atoms with Crippen LogP contribution < -0.4 is 0 Å². The van der Waals surface area contributed by atoms with Gasteiger partial charge in [0.05, 0.1) is 63.7 Å². The minimum absolute atomic E-state index is 0.141. The molecule has 0 aliphatic rings. The average molecular weight is 545 g/mol. The lowest BCUT2D eigenvalue weighted by Gasteiger charge is -2.31. The third-order valence-corrected chi connectivity index (χ3v) is 3.66. The maximum Gasteiger partial charge on any atom is 0.327 e. The molecule has 0 saturated carbocycles. The molecule has 0 unspecified atom stereocenters. The molecule has 218 valence electrons. The Kier molecular flexibility index (Phi) is 34.4. The van der Waals surface area contributed by atoms with Gasteiger partial charge in [-0.2, -0.15) is 0 Å². The molecule has 15 heteroatoms. The SMILES string of the molecule is C=CC(=O)O.C=CC(=O)O.C=CC(=O)O.CCC(=O)O.OCC(CO)(CO)COCC(CO)(CO)CO. The molecule has 10 N–H and O–H groups in total. The molecule has 0 spiro atoms. The molecular formula is C22H40O15. The van der Waals surface area contributed by atoms with E-state index in [1.54, 1.807) is 6.92 Å². The predicted octanol–water partition coefficient (Wildman–Crippen LogP) is -1.82. The van der Waals surface area contributed by atoms with Crippen molar-refractivity contribution >= 4 is 23.9 Å². The molecule has 0 rings (SSSR count). The lowest BCUT2D eigenvalue weighted by molar-refractivity contribution is -0.137. The van der Waals surface area contributed by atoms with Gasteiger partial charge in [-0.25, -0.2) is 14.4 Å². The van der Waals surface area contributed by atoms with Crippen LogP contribution in [0.4, 0.5) is 0 Å². The van der Waals surface area contributed by atoms with Gasteiger partial charge in [-0.15, -0.1) is 0 Å². The summed E-state index contributed by atoms with van der Waals surface area (Å²) < 4.78 is 5.15. The van der Waals surface area contributed by atoms with Gasteiger partial charge in [0.2, 0.25) is 0 Å². The lowest BCUT2D eigenvalue weighted by Crippen LogP contribution is -2.43. The number of ether oxygens (including phenoxy) is 1. The van der Waals surface area contributed by atoms with Gasteiger partial charge in [0.25, 0.3) is 0 Å². The molecule has 0 aromatic rings. The van der Waals surface area contributed by atoms with Gasteiger partial charge in [0, 0.05) is 24.6 Å². The Morgan fingerprint density at radius 1 is 0.595 bits per heavy atom. The number of carboxylic acid groups (broad SMARTS) is 4. The molecule has 0 amide bonds. The van der Waals surface area contributed by atoms with Gasteiger partial charge in [0.15, 0.2) is 0 Å². The molecule has 15 nitrogen and oxygen atoms in total. The Labute approximate surface area is 214 Å². The number of aliphatic hydroxyl groups is 6. The van der Waals surface area contributed by atoms with Gasteiger partial charge < -0.3 is 55.8 Å². The smallest absolute Gasteiger partial charge is 0.327 e. The summed E-state index contributed by atoms with van der Waals surface area (Å²) >= 11 is 0. The van der Waals surface area contributed by atoms with Gasteiger partial charge in [-0.05, 0) is 0 Å². The molecule has 0 aromatic heterocycles. The van der Waals surface area contributed by atoms with Gasteiger partial charge in [0.1, 0.15) is 0 Å². The van der Waals surface area contributed by atoms with E-state index in [4.69, 9.17) is 55.8 Å². The van der Waals surface area contributed by atoms with Crippen molar-refractivity contribution in [1.29, 1.82) is 0 Å². The Balaban J connectivity index is -0.000000139. The van der Waals surface area contributed by atoms with Gasteiger partial charge in [-0.1, -0.05) is 26.7 Å². The Morgan fingerprint density at radius 3 is 0.838 bits per heavy atom. The highest BCUT2D eigenvalue weighted by Crippen LogP contribution is 2.19. The van der Waals surface area contributed by atoms with Crippen molar-refractivity contribution in [2.75, 3.05) is 52.9 Å². The highest BCUT2D eigenvalue weighted by atomic mass is 16.5. The van der Waals surface area contributed by atoms with Crippen LogP contribution in [0.3, 0.4) is 0 Å². The van der Waals surface area contributed by atoms with Crippen molar-refractivity contribution in [3.05, 3.63) is 38.0 Å². The fraction of sp³-hybridized carbons (Fsp3) is 0.545. The summed E-state index contributed by atoms with van der Waals surface area (Å²) in [6.45, 7) is 7.48. The van der Waals surface area contributed by atoms with Crippen molar-refractivity contribution in [2.24, 2.45) is 10.8 Å². The first-order valence-electron chi connectivity index (χ1n) is 10.2. The number of hydrogen-bond donors (Lipinski definition) is 10. The summed E-state index contributed by atoms with van der Waals surface area (Å²) in [5, 5.41) is 84.7. The molecule has 0 aliphatic carbocycles. The fourth-order valence-corrected chi connectivity index (χ4v) is 1.06. The number of hydrogen-bond acceptors (Lipinski definition) is 11. The first kappa shape index (κ1) is 43.9. The second-order valence-electron chi connectivity index (χ2n) is 6.82. The van der Waals surface area contributed by atoms with Gasteiger partial charge >= 0.3 is 23.9 Å². The molecule has 37 heavy (non-hydrogen) atoms. The average Bonchev–Trinajstić information content (AvgIpc) is 2.90. The van der Waals surface area contributed by atoms with E-state index in [0.717, 1.165) is 18.2 Å². The van der Waals surface area contributed by atoms with E-state index in [2.05, 4.69) is 19.7 Å². The first-order chi connectivity index (χ1) is 17.2. The first-order valence-corrected chi connectivity index (χ1v) is 10.2. The van der Waals surface area contributed by atoms with E-state index in [1.807, 2.05) is 0 Å². The molecule has 0 saturated heterocycles. The molecule has 0 bridgehead atoms. The number of carbonyl (C=O) groups is 4. The summed E-state index contributed by atoms with van der Waals surface area (Å²) in [6, 6.07) is 0. The van der Waals surface area contributed by atoms with E-state index >= 15 is 0 Å². The predicted molar refractivity (Wildman–Crippen MR) is 130 cm³/mol. The van der Waals surface area contributed by atoms with Crippen molar-refractivity contribution in [2.45, 2.75) is 13.3 Å². The number of aliphatic hydroxyl groups excluding tert-OH is 6. The third-order valence-electron chi connectivity index (χ3n) is 3.66. The second-order valence-corrected chi connectivity index (χ2v) is 6.82. The fourth-order valence-electron chi connectivity index (χ4n) is 1.06. The zero-order chi connectivity index (χ0) is 30.5. The summed E-state index contributed by atoms with van der Waals surface area (Å²) in [7, 11) is 0. The second kappa shape index (κ2) is 29.1. The van der Waals surface area contributed by atoms with E-state index < -0.39 is 74.3 Å². The summed E-state index contributed by atoms with van der Waals surface area (Å²) in [5.74, 6) is -3.69. The molecule has 0 aromatic carbocycles. The van der Waals surface area contributed by atoms with Crippen molar-refractivity contribution in [3.8, 4) is 0 Å². The minimum Gasteiger partial charge on any atom is -0.481 e. The molecule has 0 radical (unpaired) electrons. The largest absolute Gasteiger partial charge is 0.481 e. The van der Waals surface area contributed by atoms with Crippen LogP contribution in [-0.2, 0) is 23.9 Å². The maximum absolute atomic E-state index is 9.37. The summed E-state index contributed by atoms with van der Waals surface area (Å²) in [4.78, 5) is 37.1. The zero-order valence-electron chi connectivity index (χ0n) is 20.7. The van der Waals surface area contributed by atoms with Crippen LogP contribution in [-0.4, -0.2) is 128 Å². The monoisotopic (exact) mass is 544 g/mol. The molecule has 0 heterocycles. The minimum atomic E-state index is -1.16. The van der Waals surface area contributed by atoms with E-state index in [-0.39, 0.29) is 19.6 Å². The standard InChI is InChI=1S/C10H22O7.C3H6O2.3C3H4O2/c11-1-9(2-12,3-13)7-17-8-10(4-14,5-15)6-16;4*1-2-3(4)5/h11-16H,1-8H2;2H2,1H3,(H,4,5);3*2H,1H2,(H,4,5). The third kappa shape index (κ3) is 32.8. The highest BCUT2D eigenvalue weighted by Gasteiger charge is 2.32. The zero-order valence-corrected chi connectivity index (χ0v) is 20.7. The Bertz CT molecular complexity index is 559. The summed E-state index contributed by atoms with van der Waals surface area (Å²) in [6.07, 6.45) is 2.72. The van der Waals surface area contributed by atoms with Crippen molar-refractivity contribution in [3.63, 3.8) is 0 Å². The van der Waals surface area contributed by atoms with E-state index in [9.17, 15) is 19.2 Å². The number of aliphatic carboxylic acids is 4. The van der Waals surface area contributed by atoms with Crippen LogP contribution in [0.2, 0.25) is 0 Å². The Hall–Kier alpha value is -3.18. The van der Waals surface area contributed by atoms with E-state index in [1.165, 1.54) is 0 Å². The maximum atomic E-state index is 9.37. The van der Waals surface area contributed by atoms with Crippen LogP contribution in [0.15, 0.2) is 38.0 Å². The quantitative estimate of drug-likeness (QED) is 0.108. The molecule has 0 fully saturated rings. The number of carboxylic acids is 4. The highest BCUT2D eigenvalue weighted by molar-refractivity contribution is 5.79. The van der Waals surface area contributed by atoms with Crippen LogP contribution in [0.25, 0.3) is 0 Å². The van der Waals surface area contributed by atoms with E-state index in [0.29, 0.717) is 0 Å². The normalized spacial score (nSPS) is 9.59. The van der Waals surface area contributed by atoms with Crippen LogP contribution in [0.5, 0.6) is 0 Å². The Morgan fingerprint density at radius 2 is 0.757 bits per heavy atom. The topological polar surface area (TPSA) is 280 Å². The number of rotatable bonds is 14. The van der Waals surface area contributed by atoms with Crippen molar-refractivity contribution < 1.29 is 75.0 Å². The molecule has 0 aliphatic heterocycles. The van der Waals surface area contributed by atoms with Crippen molar-refractivity contribution in [1.82, 2.24) is 0 Å². The molecule has 0 atom stereocenters. The van der Waals surface area contributed by atoms with Crippen LogP contribution >= 0.6 is 0 Å². The van der Waals surface area contributed by atoms with Crippen LogP contribution in [0.1, 0.15) is 13.3 Å².